The Hall–Kier alpha value is -2.44. The molecule has 0 atom stereocenters. The van der Waals surface area contributed by atoms with Crippen LogP contribution < -0.4 is 10.5 Å². The third kappa shape index (κ3) is 4.78. The molecular weight excluding hydrogens is 324 g/mol. The number of allylic oxidation sites excluding steroid dienone is 1. The molecule has 0 saturated heterocycles. The van der Waals surface area contributed by atoms with Gasteiger partial charge in [0, 0.05) is 12.6 Å². The van der Waals surface area contributed by atoms with Gasteiger partial charge in [-0.1, -0.05) is 36.4 Å². The van der Waals surface area contributed by atoms with Crippen molar-refractivity contribution in [2.45, 2.75) is 25.3 Å². The van der Waals surface area contributed by atoms with E-state index in [-0.39, 0.29) is 17.3 Å². The molecule has 1 amide bonds. The molecule has 6 heteroatoms. The highest BCUT2D eigenvalue weighted by atomic mass is 32.2. The van der Waals surface area contributed by atoms with Gasteiger partial charge in [0.25, 0.3) is 0 Å². The summed E-state index contributed by atoms with van der Waals surface area (Å²) in [5.74, 6) is -0.239. The quantitative estimate of drug-likeness (QED) is 0.816. The normalized spacial score (nSPS) is 12.0. The molecule has 2 aromatic rings. The van der Waals surface area contributed by atoms with Crippen molar-refractivity contribution in [3.63, 3.8) is 0 Å². The Labute approximate surface area is 142 Å². The standard InChI is InChI=1S/C18H20N2O3S/c1-13-6-3-4-9-17(13)14(2)10-18(21)20-12-15-7-5-8-16(11-15)24(19,22)23/h3-11H,12H2,1-2H3,(H,20,21)(H2,19,22,23)/b14-10-. The van der Waals surface area contributed by atoms with Gasteiger partial charge in [0.05, 0.1) is 4.90 Å². The Bertz CT molecular complexity index is 887. The Morgan fingerprint density at radius 3 is 2.54 bits per heavy atom. The number of hydrogen-bond donors (Lipinski definition) is 2. The molecule has 2 aromatic carbocycles. The van der Waals surface area contributed by atoms with Crippen molar-refractivity contribution >= 4 is 21.5 Å². The van der Waals surface area contributed by atoms with Gasteiger partial charge >= 0.3 is 0 Å². The van der Waals surface area contributed by atoms with Gasteiger partial charge in [-0.2, -0.15) is 0 Å². The molecule has 0 fully saturated rings. The number of benzene rings is 2. The van der Waals surface area contributed by atoms with Crippen LogP contribution >= 0.6 is 0 Å². The van der Waals surface area contributed by atoms with Crippen molar-refractivity contribution in [1.29, 1.82) is 0 Å². The SMILES string of the molecule is C/C(=C/C(=O)NCc1cccc(S(N)(=O)=O)c1)c1ccccc1C. The summed E-state index contributed by atoms with van der Waals surface area (Å²) in [6.45, 7) is 4.09. The first-order chi connectivity index (χ1) is 11.3. The molecule has 24 heavy (non-hydrogen) atoms. The van der Waals surface area contributed by atoms with Gasteiger partial charge in [0.15, 0.2) is 0 Å². The maximum absolute atomic E-state index is 12.1. The van der Waals surface area contributed by atoms with E-state index >= 15 is 0 Å². The maximum Gasteiger partial charge on any atom is 0.244 e. The predicted molar refractivity (Wildman–Crippen MR) is 94.5 cm³/mol. The Morgan fingerprint density at radius 2 is 1.88 bits per heavy atom. The first kappa shape index (κ1) is 17.9. The number of nitrogens with two attached hydrogens (primary N) is 1. The van der Waals surface area contributed by atoms with Crippen LogP contribution in [-0.2, 0) is 21.4 Å². The van der Waals surface area contributed by atoms with Gasteiger partial charge in [-0.05, 0) is 48.2 Å². The van der Waals surface area contributed by atoms with Crippen LogP contribution in [0.15, 0.2) is 59.5 Å². The minimum absolute atomic E-state index is 0.0286. The number of carbonyl (C=O) groups is 1. The summed E-state index contributed by atoms with van der Waals surface area (Å²) < 4.78 is 22.7. The highest BCUT2D eigenvalue weighted by Crippen LogP contribution is 2.17. The van der Waals surface area contributed by atoms with E-state index in [9.17, 15) is 13.2 Å². The molecular formula is C18H20N2O3S. The van der Waals surface area contributed by atoms with E-state index in [1.165, 1.54) is 18.2 Å². The van der Waals surface area contributed by atoms with Crippen LogP contribution in [0.2, 0.25) is 0 Å². The van der Waals surface area contributed by atoms with Crippen LogP contribution in [0.1, 0.15) is 23.6 Å². The van der Waals surface area contributed by atoms with E-state index in [1.54, 1.807) is 12.1 Å². The molecule has 0 saturated carbocycles. The Morgan fingerprint density at radius 1 is 1.17 bits per heavy atom. The van der Waals surface area contributed by atoms with Crippen molar-refractivity contribution < 1.29 is 13.2 Å². The molecule has 0 aliphatic carbocycles. The largest absolute Gasteiger partial charge is 0.348 e. The first-order valence-corrected chi connectivity index (χ1v) is 8.96. The van der Waals surface area contributed by atoms with E-state index in [0.717, 1.165) is 16.7 Å². The fourth-order valence-electron chi connectivity index (χ4n) is 2.36. The molecule has 126 valence electrons. The lowest BCUT2D eigenvalue weighted by atomic mass is 10.0. The average molecular weight is 344 g/mol. The average Bonchev–Trinajstić information content (AvgIpc) is 2.53. The van der Waals surface area contributed by atoms with Gasteiger partial charge < -0.3 is 5.32 Å². The number of aryl methyl sites for hydroxylation is 1. The summed E-state index contributed by atoms with van der Waals surface area (Å²) in [5, 5.41) is 7.85. The number of carbonyl (C=O) groups excluding carboxylic acids is 1. The van der Waals surface area contributed by atoms with E-state index in [0.29, 0.717) is 5.56 Å². The summed E-state index contributed by atoms with van der Waals surface area (Å²) in [6, 6.07) is 14.0. The summed E-state index contributed by atoms with van der Waals surface area (Å²) in [7, 11) is -3.75. The molecule has 0 aliphatic heterocycles. The Balaban J connectivity index is 2.06. The summed E-state index contributed by atoms with van der Waals surface area (Å²) in [4.78, 5) is 12.1. The van der Waals surface area contributed by atoms with Gasteiger partial charge in [0.1, 0.15) is 0 Å². The van der Waals surface area contributed by atoms with E-state index < -0.39 is 10.0 Å². The van der Waals surface area contributed by atoms with Crippen LogP contribution in [0, 0.1) is 6.92 Å². The second kappa shape index (κ2) is 7.42. The fraction of sp³-hybridized carbons (Fsp3) is 0.167. The Kier molecular flexibility index (Phi) is 5.54. The number of amides is 1. The second-order valence-corrected chi connectivity index (χ2v) is 7.11. The topological polar surface area (TPSA) is 89.3 Å². The number of hydrogen-bond acceptors (Lipinski definition) is 3. The first-order valence-electron chi connectivity index (χ1n) is 7.41. The highest BCUT2D eigenvalue weighted by Gasteiger charge is 2.08. The zero-order chi connectivity index (χ0) is 17.7. The van der Waals surface area contributed by atoms with Crippen LogP contribution in [-0.4, -0.2) is 14.3 Å². The van der Waals surface area contributed by atoms with Gasteiger partial charge in [-0.25, -0.2) is 13.6 Å². The maximum atomic E-state index is 12.1. The smallest absolute Gasteiger partial charge is 0.244 e. The van der Waals surface area contributed by atoms with Crippen LogP contribution in [0.4, 0.5) is 0 Å². The number of rotatable bonds is 5. The number of nitrogens with one attached hydrogen (secondary N) is 1. The lowest BCUT2D eigenvalue weighted by Crippen LogP contribution is -2.21. The van der Waals surface area contributed by atoms with E-state index in [1.807, 2.05) is 38.1 Å². The number of sulfonamides is 1. The van der Waals surface area contributed by atoms with Crippen molar-refractivity contribution in [2.75, 3.05) is 0 Å². The molecule has 0 unspecified atom stereocenters. The monoisotopic (exact) mass is 344 g/mol. The summed E-state index contributed by atoms with van der Waals surface area (Å²) >= 11 is 0. The lowest BCUT2D eigenvalue weighted by molar-refractivity contribution is -0.116. The lowest BCUT2D eigenvalue weighted by Gasteiger charge is -2.07. The molecule has 3 N–H and O–H groups in total. The molecule has 0 aromatic heterocycles. The minimum Gasteiger partial charge on any atom is -0.348 e. The number of primary sulfonamides is 1. The molecule has 0 spiro atoms. The summed E-state index contributed by atoms with van der Waals surface area (Å²) in [5.41, 5.74) is 3.64. The fourth-order valence-corrected chi connectivity index (χ4v) is 2.95. The van der Waals surface area contributed by atoms with Crippen LogP contribution in [0.5, 0.6) is 0 Å². The second-order valence-electron chi connectivity index (χ2n) is 5.55. The van der Waals surface area contributed by atoms with Gasteiger partial charge in [0.2, 0.25) is 15.9 Å². The predicted octanol–water partition coefficient (Wildman–Crippen LogP) is 2.36. The van der Waals surface area contributed by atoms with Crippen LogP contribution in [0.3, 0.4) is 0 Å². The zero-order valence-electron chi connectivity index (χ0n) is 13.6. The van der Waals surface area contributed by atoms with Crippen molar-refractivity contribution in [1.82, 2.24) is 5.32 Å². The molecule has 0 radical (unpaired) electrons. The minimum atomic E-state index is -3.75. The zero-order valence-corrected chi connectivity index (χ0v) is 14.4. The molecule has 5 nitrogen and oxygen atoms in total. The van der Waals surface area contributed by atoms with Crippen molar-refractivity contribution in [2.24, 2.45) is 5.14 Å². The third-order valence-corrected chi connectivity index (χ3v) is 4.52. The van der Waals surface area contributed by atoms with Crippen LogP contribution in [0.25, 0.3) is 5.57 Å². The van der Waals surface area contributed by atoms with Gasteiger partial charge in [-0.15, -0.1) is 0 Å². The summed E-state index contributed by atoms with van der Waals surface area (Å²) in [6.07, 6.45) is 1.53. The molecule has 0 bridgehead atoms. The highest BCUT2D eigenvalue weighted by molar-refractivity contribution is 7.89. The van der Waals surface area contributed by atoms with Crippen molar-refractivity contribution in [3.8, 4) is 0 Å². The van der Waals surface area contributed by atoms with E-state index in [4.69, 9.17) is 5.14 Å². The van der Waals surface area contributed by atoms with E-state index in [2.05, 4.69) is 5.32 Å². The molecule has 0 aliphatic rings. The third-order valence-electron chi connectivity index (χ3n) is 3.61. The molecule has 2 rings (SSSR count). The molecule has 0 heterocycles. The van der Waals surface area contributed by atoms with Gasteiger partial charge in [-0.3, -0.25) is 4.79 Å². The van der Waals surface area contributed by atoms with Crippen molar-refractivity contribution in [3.05, 3.63) is 71.3 Å².